The molecule has 1 saturated heterocycles. The Balaban J connectivity index is 2.05. The first-order valence-electron chi connectivity index (χ1n) is 7.37. The van der Waals surface area contributed by atoms with Gasteiger partial charge < -0.3 is 10.0 Å². The second-order valence-corrected chi connectivity index (χ2v) is 6.20. The van der Waals surface area contributed by atoms with E-state index in [0.717, 1.165) is 31.5 Å². The molecule has 2 rings (SSSR count). The Morgan fingerprint density at radius 2 is 2.29 bits per heavy atom. The molecule has 21 heavy (non-hydrogen) atoms. The molecule has 0 unspecified atom stereocenters. The quantitative estimate of drug-likeness (QED) is 0.847. The number of likely N-dealkylation sites (tertiary alicyclic amines) is 1. The largest absolute Gasteiger partial charge is 0.395 e. The summed E-state index contributed by atoms with van der Waals surface area (Å²) in [5.74, 6) is 5.74. The molecule has 1 aliphatic rings. The Morgan fingerprint density at radius 3 is 2.90 bits per heavy atom. The minimum Gasteiger partial charge on any atom is -0.395 e. The fraction of sp³-hybridized carbons (Fsp3) is 0.529. The van der Waals surface area contributed by atoms with Crippen LogP contribution in [0.5, 0.6) is 0 Å². The van der Waals surface area contributed by atoms with Gasteiger partial charge >= 0.3 is 0 Å². The van der Waals surface area contributed by atoms with Gasteiger partial charge in [0.05, 0.1) is 6.61 Å². The molecule has 0 bridgehead atoms. The Kier molecular flexibility index (Phi) is 4.98. The van der Waals surface area contributed by atoms with E-state index in [2.05, 4.69) is 30.7 Å². The molecule has 1 aromatic rings. The van der Waals surface area contributed by atoms with E-state index in [4.69, 9.17) is 5.11 Å². The lowest BCUT2D eigenvalue weighted by atomic mass is 9.84. The summed E-state index contributed by atoms with van der Waals surface area (Å²) < 4.78 is 0. The van der Waals surface area contributed by atoms with Crippen LogP contribution in [0.3, 0.4) is 0 Å². The molecule has 1 amide bonds. The maximum atomic E-state index is 12.5. The third-order valence-electron chi connectivity index (χ3n) is 3.64. The van der Waals surface area contributed by atoms with Gasteiger partial charge in [-0.15, -0.1) is 0 Å². The lowest BCUT2D eigenvalue weighted by Gasteiger charge is -2.37. The fourth-order valence-electron chi connectivity index (χ4n) is 2.57. The molecule has 2 heterocycles. The molecule has 1 aliphatic heterocycles. The zero-order chi connectivity index (χ0) is 15.3. The summed E-state index contributed by atoms with van der Waals surface area (Å²) in [6.07, 6.45) is 4.27. The van der Waals surface area contributed by atoms with Crippen LogP contribution in [0.15, 0.2) is 18.3 Å². The van der Waals surface area contributed by atoms with Gasteiger partial charge in [0.1, 0.15) is 5.69 Å². The normalized spacial score (nSPS) is 17.0. The summed E-state index contributed by atoms with van der Waals surface area (Å²) in [5.41, 5.74) is 1.42. The van der Waals surface area contributed by atoms with Crippen molar-refractivity contribution < 1.29 is 9.90 Å². The van der Waals surface area contributed by atoms with E-state index in [1.165, 1.54) is 0 Å². The molecule has 4 heteroatoms. The number of nitrogens with zero attached hydrogens (tertiary/aromatic N) is 2. The molecule has 0 spiro atoms. The minimum absolute atomic E-state index is 0.00218. The Bertz CT molecular complexity index is 552. The van der Waals surface area contributed by atoms with Gasteiger partial charge in [-0.1, -0.05) is 25.7 Å². The first-order valence-corrected chi connectivity index (χ1v) is 7.37. The van der Waals surface area contributed by atoms with Crippen LogP contribution in [0.2, 0.25) is 0 Å². The molecule has 112 valence electrons. The fourth-order valence-corrected chi connectivity index (χ4v) is 2.57. The predicted octanol–water partition coefficient (Wildman–Crippen LogP) is 2.08. The van der Waals surface area contributed by atoms with Gasteiger partial charge in [-0.3, -0.25) is 4.79 Å². The van der Waals surface area contributed by atoms with Crippen molar-refractivity contribution >= 4 is 5.91 Å². The number of aromatic nitrogens is 1. The molecular formula is C17H22N2O2. The summed E-state index contributed by atoms with van der Waals surface area (Å²) in [7, 11) is 0. The molecule has 0 aliphatic carbocycles. The van der Waals surface area contributed by atoms with E-state index in [1.807, 2.05) is 4.90 Å². The number of piperidine rings is 1. The summed E-state index contributed by atoms with van der Waals surface area (Å²) in [4.78, 5) is 18.6. The number of aliphatic hydroxyl groups excluding tert-OH is 1. The maximum absolute atomic E-state index is 12.5. The highest BCUT2D eigenvalue weighted by molar-refractivity contribution is 5.92. The monoisotopic (exact) mass is 286 g/mol. The number of pyridine rings is 1. The third kappa shape index (κ3) is 4.30. The zero-order valence-electron chi connectivity index (χ0n) is 12.7. The van der Waals surface area contributed by atoms with Crippen molar-refractivity contribution in [2.24, 2.45) is 5.41 Å². The van der Waals surface area contributed by atoms with Crippen molar-refractivity contribution in [3.8, 4) is 11.8 Å². The Morgan fingerprint density at radius 1 is 1.48 bits per heavy atom. The van der Waals surface area contributed by atoms with Crippen LogP contribution >= 0.6 is 0 Å². The summed E-state index contributed by atoms with van der Waals surface area (Å²) in [6.45, 7) is 6.04. The van der Waals surface area contributed by atoms with Crippen LogP contribution in [0, 0.1) is 17.3 Å². The number of amides is 1. The Labute approximate surface area is 126 Å². The number of carbonyl (C=O) groups excluding carboxylic acids is 1. The summed E-state index contributed by atoms with van der Waals surface area (Å²) in [5, 5.41) is 8.68. The van der Waals surface area contributed by atoms with E-state index in [0.29, 0.717) is 12.1 Å². The SMILES string of the molecule is CC1(C)CCCN(C(=O)c2ccc(C#CCCO)cn2)C1. The molecule has 1 N–H and O–H groups in total. The number of hydrogen-bond donors (Lipinski definition) is 1. The maximum Gasteiger partial charge on any atom is 0.272 e. The number of hydrogen-bond acceptors (Lipinski definition) is 3. The number of rotatable bonds is 2. The highest BCUT2D eigenvalue weighted by Crippen LogP contribution is 2.28. The Hall–Kier alpha value is -1.86. The molecule has 0 radical (unpaired) electrons. The van der Waals surface area contributed by atoms with Crippen LogP contribution in [0.25, 0.3) is 0 Å². The van der Waals surface area contributed by atoms with Gasteiger partial charge in [0.15, 0.2) is 0 Å². The zero-order valence-corrected chi connectivity index (χ0v) is 12.7. The second kappa shape index (κ2) is 6.73. The molecule has 4 nitrogen and oxygen atoms in total. The topological polar surface area (TPSA) is 53.4 Å². The first-order chi connectivity index (χ1) is 10.0. The van der Waals surface area contributed by atoms with Crippen LogP contribution in [0.4, 0.5) is 0 Å². The van der Waals surface area contributed by atoms with Gasteiger partial charge in [-0.05, 0) is 30.4 Å². The van der Waals surface area contributed by atoms with Crippen LogP contribution in [0.1, 0.15) is 49.2 Å². The van der Waals surface area contributed by atoms with Gasteiger partial charge in [0.25, 0.3) is 5.91 Å². The van der Waals surface area contributed by atoms with Crippen molar-refractivity contribution in [2.45, 2.75) is 33.1 Å². The van der Waals surface area contributed by atoms with E-state index in [9.17, 15) is 4.79 Å². The van der Waals surface area contributed by atoms with Gasteiger partial charge in [0.2, 0.25) is 0 Å². The number of aliphatic hydroxyl groups is 1. The molecule has 1 fully saturated rings. The average Bonchev–Trinajstić information content (AvgIpc) is 2.46. The second-order valence-electron chi connectivity index (χ2n) is 6.20. The van der Waals surface area contributed by atoms with E-state index in [-0.39, 0.29) is 17.9 Å². The van der Waals surface area contributed by atoms with Crippen molar-refractivity contribution in [1.82, 2.24) is 9.88 Å². The summed E-state index contributed by atoms with van der Waals surface area (Å²) in [6, 6.07) is 3.53. The predicted molar refractivity (Wildman–Crippen MR) is 81.7 cm³/mol. The lowest BCUT2D eigenvalue weighted by Crippen LogP contribution is -2.43. The van der Waals surface area contributed by atoms with Crippen molar-refractivity contribution in [3.63, 3.8) is 0 Å². The van der Waals surface area contributed by atoms with Gasteiger partial charge in [-0.2, -0.15) is 0 Å². The van der Waals surface area contributed by atoms with Crippen LogP contribution in [-0.4, -0.2) is 40.6 Å². The molecule has 0 atom stereocenters. The van der Waals surface area contributed by atoms with Gasteiger partial charge in [-0.25, -0.2) is 4.98 Å². The van der Waals surface area contributed by atoms with E-state index < -0.39 is 0 Å². The lowest BCUT2D eigenvalue weighted by molar-refractivity contribution is 0.0577. The molecular weight excluding hydrogens is 264 g/mol. The van der Waals surface area contributed by atoms with Crippen LogP contribution in [-0.2, 0) is 0 Å². The highest BCUT2D eigenvalue weighted by atomic mass is 16.2. The van der Waals surface area contributed by atoms with Crippen molar-refractivity contribution in [2.75, 3.05) is 19.7 Å². The molecule has 0 aromatic carbocycles. The van der Waals surface area contributed by atoms with E-state index in [1.54, 1.807) is 18.3 Å². The van der Waals surface area contributed by atoms with Crippen LogP contribution < -0.4 is 0 Å². The summed E-state index contributed by atoms with van der Waals surface area (Å²) >= 11 is 0. The minimum atomic E-state index is -0.00218. The first kappa shape index (κ1) is 15.5. The van der Waals surface area contributed by atoms with Crippen molar-refractivity contribution in [3.05, 3.63) is 29.6 Å². The van der Waals surface area contributed by atoms with E-state index >= 15 is 0 Å². The third-order valence-corrected chi connectivity index (χ3v) is 3.64. The van der Waals surface area contributed by atoms with Gasteiger partial charge in [0, 0.05) is 31.3 Å². The number of carbonyl (C=O) groups is 1. The standard InChI is InChI=1S/C17H22N2O2/c1-17(2)9-5-10-19(13-17)16(21)15-8-7-14(12-18-15)6-3-4-11-20/h7-8,12,20H,4-5,9-11,13H2,1-2H3. The average molecular weight is 286 g/mol. The van der Waals surface area contributed by atoms with Crippen molar-refractivity contribution in [1.29, 1.82) is 0 Å². The molecule has 0 saturated carbocycles. The smallest absolute Gasteiger partial charge is 0.272 e. The molecule has 1 aromatic heterocycles. The highest BCUT2D eigenvalue weighted by Gasteiger charge is 2.29.